The summed E-state index contributed by atoms with van der Waals surface area (Å²) >= 11 is 11.9. The number of rotatable bonds is 1. The van der Waals surface area contributed by atoms with Crippen LogP contribution in [-0.2, 0) is 0 Å². The van der Waals surface area contributed by atoms with Gasteiger partial charge in [-0.15, -0.1) is 0 Å². The lowest BCUT2D eigenvalue weighted by Gasteiger charge is -2.16. The molecule has 1 aliphatic heterocycles. The van der Waals surface area contributed by atoms with Gasteiger partial charge in [0, 0.05) is 13.1 Å². The Morgan fingerprint density at radius 2 is 1.94 bits per heavy atom. The summed E-state index contributed by atoms with van der Waals surface area (Å²) < 4.78 is 0. The van der Waals surface area contributed by atoms with Gasteiger partial charge in [0.2, 0.25) is 0 Å². The van der Waals surface area contributed by atoms with Crippen LogP contribution in [0, 0.1) is 0 Å². The highest BCUT2D eigenvalue weighted by atomic mass is 35.5. The van der Waals surface area contributed by atoms with Gasteiger partial charge in [-0.2, -0.15) is 0 Å². The second-order valence-corrected chi connectivity index (χ2v) is 5.19. The quantitative estimate of drug-likeness (QED) is 0.874. The molecule has 1 aromatic heterocycles. The summed E-state index contributed by atoms with van der Waals surface area (Å²) in [6, 6.07) is 3.41. The minimum absolute atomic E-state index is 0.281. The highest BCUT2D eigenvalue weighted by Crippen LogP contribution is 2.27. The zero-order chi connectivity index (χ0) is 12.7. The Hall–Kier alpha value is -1.10. The maximum absolute atomic E-state index is 9.53. The third kappa shape index (κ3) is 2.11. The summed E-state index contributed by atoms with van der Waals surface area (Å²) in [5.74, 6) is 0.762. The molecule has 1 saturated heterocycles. The zero-order valence-electron chi connectivity index (χ0n) is 9.48. The van der Waals surface area contributed by atoms with Crippen molar-refractivity contribution in [3.05, 3.63) is 28.4 Å². The molecule has 1 aliphatic rings. The van der Waals surface area contributed by atoms with Gasteiger partial charge in [0.1, 0.15) is 5.82 Å². The number of halogens is 2. The van der Waals surface area contributed by atoms with E-state index in [2.05, 4.69) is 9.97 Å². The number of benzene rings is 1. The minimum Gasteiger partial charge on any atom is -0.391 e. The number of aliphatic hydroxyl groups is 1. The maximum atomic E-state index is 9.53. The Bertz CT molecular complexity index is 605. The van der Waals surface area contributed by atoms with Crippen LogP contribution in [-0.4, -0.2) is 34.3 Å². The number of fused-ring (bicyclic) bond motifs is 1. The van der Waals surface area contributed by atoms with E-state index in [0.29, 0.717) is 27.6 Å². The Kier molecular flexibility index (Phi) is 3.01. The lowest BCUT2D eigenvalue weighted by molar-refractivity contribution is 0.198. The molecule has 3 rings (SSSR count). The lowest BCUT2D eigenvalue weighted by Crippen LogP contribution is -2.22. The van der Waals surface area contributed by atoms with Gasteiger partial charge in [0.25, 0.3) is 0 Å². The molecule has 0 saturated carbocycles. The molecule has 18 heavy (non-hydrogen) atoms. The molecule has 0 aliphatic carbocycles. The minimum atomic E-state index is -0.281. The first-order valence-electron chi connectivity index (χ1n) is 5.68. The van der Waals surface area contributed by atoms with Crippen molar-refractivity contribution < 1.29 is 5.11 Å². The van der Waals surface area contributed by atoms with E-state index >= 15 is 0 Å². The number of β-amino-alcohol motifs (C(OH)–C–C–N with tert-alkyl or cyclic N) is 1. The van der Waals surface area contributed by atoms with E-state index in [9.17, 15) is 5.11 Å². The largest absolute Gasteiger partial charge is 0.391 e. The van der Waals surface area contributed by atoms with Gasteiger partial charge in [0.15, 0.2) is 0 Å². The van der Waals surface area contributed by atoms with Gasteiger partial charge in [-0.05, 0) is 18.6 Å². The molecule has 0 radical (unpaired) electrons. The van der Waals surface area contributed by atoms with E-state index in [4.69, 9.17) is 23.2 Å². The summed E-state index contributed by atoms with van der Waals surface area (Å²) in [6.45, 7) is 1.39. The SMILES string of the molecule is O[C@@H]1CCN(c2cnc3cc(Cl)c(Cl)cc3n2)C1. The monoisotopic (exact) mass is 283 g/mol. The summed E-state index contributed by atoms with van der Waals surface area (Å²) in [4.78, 5) is 10.8. The van der Waals surface area contributed by atoms with Gasteiger partial charge in [-0.25, -0.2) is 4.98 Å². The molecule has 1 atom stereocenters. The second kappa shape index (κ2) is 4.53. The third-order valence-electron chi connectivity index (χ3n) is 3.06. The first kappa shape index (κ1) is 12.0. The van der Waals surface area contributed by atoms with Crippen LogP contribution < -0.4 is 4.90 Å². The molecular weight excluding hydrogens is 273 g/mol. The van der Waals surface area contributed by atoms with Crippen molar-refractivity contribution in [1.82, 2.24) is 9.97 Å². The van der Waals surface area contributed by atoms with Crippen molar-refractivity contribution in [2.45, 2.75) is 12.5 Å². The molecule has 0 amide bonds. The van der Waals surface area contributed by atoms with Crippen LogP contribution >= 0.6 is 23.2 Å². The van der Waals surface area contributed by atoms with E-state index in [1.807, 2.05) is 4.90 Å². The average Bonchev–Trinajstić information content (AvgIpc) is 2.77. The fraction of sp³-hybridized carbons (Fsp3) is 0.333. The first-order valence-corrected chi connectivity index (χ1v) is 6.44. The second-order valence-electron chi connectivity index (χ2n) is 4.37. The maximum Gasteiger partial charge on any atom is 0.147 e. The zero-order valence-corrected chi connectivity index (χ0v) is 11.0. The van der Waals surface area contributed by atoms with Crippen LogP contribution in [0.2, 0.25) is 10.0 Å². The molecule has 94 valence electrons. The smallest absolute Gasteiger partial charge is 0.147 e. The molecular formula is C12H11Cl2N3O. The molecule has 1 aromatic carbocycles. The van der Waals surface area contributed by atoms with E-state index in [1.165, 1.54) is 0 Å². The molecule has 0 bridgehead atoms. The van der Waals surface area contributed by atoms with E-state index in [-0.39, 0.29) is 6.10 Å². The average molecular weight is 284 g/mol. The van der Waals surface area contributed by atoms with Gasteiger partial charge in [0.05, 0.1) is 33.4 Å². The van der Waals surface area contributed by atoms with Crippen molar-refractivity contribution in [3.8, 4) is 0 Å². The lowest BCUT2D eigenvalue weighted by atomic mass is 10.3. The first-order chi connectivity index (χ1) is 8.63. The molecule has 4 nitrogen and oxygen atoms in total. The standard InChI is InChI=1S/C12H11Cl2N3O/c13-8-3-10-11(4-9(8)14)16-12(5-15-10)17-2-1-7(18)6-17/h3-5,7,18H,1-2,6H2/t7-/m1/s1. The van der Waals surface area contributed by atoms with Crippen LogP contribution in [0.3, 0.4) is 0 Å². The number of nitrogens with zero attached hydrogens (tertiary/aromatic N) is 3. The van der Waals surface area contributed by atoms with Crippen LogP contribution in [0.4, 0.5) is 5.82 Å². The van der Waals surface area contributed by atoms with Crippen LogP contribution in [0.5, 0.6) is 0 Å². The number of hydrogen-bond acceptors (Lipinski definition) is 4. The number of anilines is 1. The highest BCUT2D eigenvalue weighted by molar-refractivity contribution is 6.42. The molecule has 2 heterocycles. The summed E-state index contributed by atoms with van der Waals surface area (Å²) in [5, 5.41) is 10.5. The number of hydrogen-bond donors (Lipinski definition) is 1. The molecule has 2 aromatic rings. The Morgan fingerprint density at radius 1 is 1.22 bits per heavy atom. The molecule has 1 fully saturated rings. The van der Waals surface area contributed by atoms with Gasteiger partial charge in [-0.1, -0.05) is 23.2 Å². The van der Waals surface area contributed by atoms with E-state index in [1.54, 1.807) is 18.3 Å². The van der Waals surface area contributed by atoms with Crippen molar-refractivity contribution >= 4 is 40.1 Å². The number of aliphatic hydroxyl groups excluding tert-OH is 1. The van der Waals surface area contributed by atoms with Crippen LogP contribution in [0.15, 0.2) is 18.3 Å². The fourth-order valence-corrected chi connectivity index (χ4v) is 2.42. The van der Waals surface area contributed by atoms with Gasteiger partial charge >= 0.3 is 0 Å². The van der Waals surface area contributed by atoms with Crippen molar-refractivity contribution in [2.75, 3.05) is 18.0 Å². The third-order valence-corrected chi connectivity index (χ3v) is 3.78. The predicted octanol–water partition coefficient (Wildman–Crippen LogP) is 2.51. The summed E-state index contributed by atoms with van der Waals surface area (Å²) in [7, 11) is 0. The van der Waals surface area contributed by atoms with Crippen LogP contribution in [0.25, 0.3) is 11.0 Å². The summed E-state index contributed by atoms with van der Waals surface area (Å²) in [6.07, 6.45) is 2.18. The fourth-order valence-electron chi connectivity index (χ4n) is 2.10. The molecule has 6 heteroatoms. The Labute approximate surface area is 114 Å². The predicted molar refractivity (Wildman–Crippen MR) is 72.4 cm³/mol. The van der Waals surface area contributed by atoms with E-state index in [0.717, 1.165) is 18.8 Å². The normalized spacial score (nSPS) is 19.7. The topological polar surface area (TPSA) is 49.2 Å². The van der Waals surface area contributed by atoms with Crippen LogP contribution in [0.1, 0.15) is 6.42 Å². The highest BCUT2D eigenvalue weighted by Gasteiger charge is 2.21. The Morgan fingerprint density at radius 3 is 2.61 bits per heavy atom. The Balaban J connectivity index is 2.03. The molecule has 0 spiro atoms. The van der Waals surface area contributed by atoms with Crippen molar-refractivity contribution in [2.24, 2.45) is 0 Å². The molecule has 1 N–H and O–H groups in total. The van der Waals surface area contributed by atoms with Crippen molar-refractivity contribution in [3.63, 3.8) is 0 Å². The van der Waals surface area contributed by atoms with Gasteiger partial charge in [-0.3, -0.25) is 4.98 Å². The number of aromatic nitrogens is 2. The van der Waals surface area contributed by atoms with Crippen molar-refractivity contribution in [1.29, 1.82) is 0 Å². The summed E-state index contributed by atoms with van der Waals surface area (Å²) in [5.41, 5.74) is 1.43. The molecule has 0 unspecified atom stereocenters. The van der Waals surface area contributed by atoms with Gasteiger partial charge < -0.3 is 10.0 Å². The van der Waals surface area contributed by atoms with E-state index < -0.39 is 0 Å².